The number of aromatic amines is 3. The number of halogens is 12. The number of aromatic nitrogens is 5. The zero-order valence-corrected chi connectivity index (χ0v) is 40.5. The maximum absolute atomic E-state index is 14.7. The summed E-state index contributed by atoms with van der Waals surface area (Å²) in [7, 11) is 1.17. The Kier molecular flexibility index (Phi) is 13.5. The van der Waals surface area contributed by atoms with Gasteiger partial charge in [-0.15, -0.1) is 0 Å². The normalized spacial score (nSPS) is 16.8. The first-order valence-electron chi connectivity index (χ1n) is 23.0. The third kappa shape index (κ3) is 9.93. The van der Waals surface area contributed by atoms with E-state index in [9.17, 15) is 67.4 Å². The Balaban J connectivity index is 1.45. The van der Waals surface area contributed by atoms with Crippen LogP contribution in [0.4, 0.5) is 52.7 Å². The van der Waals surface area contributed by atoms with Crippen molar-refractivity contribution in [1.29, 1.82) is 0 Å². The second-order valence-electron chi connectivity index (χ2n) is 18.6. The number of hydrogen-bond donors (Lipinski definition) is 4. The highest BCUT2D eigenvalue weighted by atomic mass is 19.4. The van der Waals surface area contributed by atoms with Crippen molar-refractivity contribution >= 4 is 50.1 Å². The van der Waals surface area contributed by atoms with Gasteiger partial charge in [0, 0.05) is 70.2 Å². The van der Waals surface area contributed by atoms with Gasteiger partial charge in [0.2, 0.25) is 17.3 Å². The molecule has 2 unspecified atom stereocenters. The van der Waals surface area contributed by atoms with E-state index in [0.29, 0.717) is 102 Å². The smallest absolute Gasteiger partial charge is 0.416 e. The van der Waals surface area contributed by atoms with Crippen molar-refractivity contribution in [2.75, 3.05) is 7.11 Å². The van der Waals surface area contributed by atoms with Gasteiger partial charge < -0.3 is 25.1 Å². The van der Waals surface area contributed by atoms with Crippen molar-refractivity contribution in [3.05, 3.63) is 143 Å². The van der Waals surface area contributed by atoms with Gasteiger partial charge in [-0.2, -0.15) is 52.7 Å². The third-order valence-corrected chi connectivity index (χ3v) is 13.9. The van der Waals surface area contributed by atoms with Gasteiger partial charge in [-0.25, -0.2) is 9.97 Å². The molecule has 0 amide bonds. The number of carbonyl (C=O) groups excluding carboxylic acids is 1. The molecule has 74 heavy (non-hydrogen) atoms. The number of H-pyrrole nitrogens is 3. The molecule has 8 bridgehead atoms. The van der Waals surface area contributed by atoms with Gasteiger partial charge in [0.25, 0.3) is 5.56 Å². The van der Waals surface area contributed by atoms with Crippen LogP contribution in [0.15, 0.2) is 65.1 Å². The number of fused-ring (bicyclic) bond motifs is 8. The fourth-order valence-corrected chi connectivity index (χ4v) is 9.96. The van der Waals surface area contributed by atoms with Crippen molar-refractivity contribution in [3.8, 4) is 5.88 Å². The molecule has 0 fully saturated rings. The maximum Gasteiger partial charge on any atom is 0.416 e. The molecular formula is C52H47F12N6O4+. The van der Waals surface area contributed by atoms with Crippen LogP contribution in [0.5, 0.6) is 5.88 Å². The Hall–Kier alpha value is -7.26. The van der Waals surface area contributed by atoms with E-state index in [1.54, 1.807) is 45.9 Å². The van der Waals surface area contributed by atoms with E-state index < -0.39 is 83.0 Å². The average Bonchev–Trinajstić information content (AvgIpc) is 4.00. The summed E-state index contributed by atoms with van der Waals surface area (Å²) in [6.45, 7) is 9.06. The summed E-state index contributed by atoms with van der Waals surface area (Å²) < 4.78 is 173. The lowest BCUT2D eigenvalue weighted by atomic mass is 9.89. The first kappa shape index (κ1) is 53.0. The number of nitrogens with zero attached hydrogens (tertiary/aromatic N) is 2. The lowest BCUT2D eigenvalue weighted by molar-refractivity contribution is -0.379. The Morgan fingerprint density at radius 3 is 1.89 bits per heavy atom. The molecule has 2 aromatic carbocycles. The van der Waals surface area contributed by atoms with Crippen LogP contribution in [0.2, 0.25) is 0 Å². The molecule has 3 aliphatic rings. The fraction of sp³-hybridized carbons (Fsp3) is 0.346. The number of pyridine rings is 1. The number of alkyl halides is 12. The van der Waals surface area contributed by atoms with Gasteiger partial charge in [0.1, 0.15) is 5.39 Å². The van der Waals surface area contributed by atoms with Crippen LogP contribution in [0, 0.1) is 6.92 Å². The second-order valence-corrected chi connectivity index (χ2v) is 18.6. The molecule has 6 heterocycles. The molecule has 0 saturated heterocycles. The summed E-state index contributed by atoms with van der Waals surface area (Å²) in [6, 6.07) is 7.35. The topological polar surface area (TPSA) is 139 Å². The van der Waals surface area contributed by atoms with E-state index in [-0.39, 0.29) is 64.4 Å². The number of aryl methyl sites for hydroxylation is 1. The second kappa shape index (κ2) is 18.9. The number of benzene rings is 2. The van der Waals surface area contributed by atoms with E-state index >= 15 is 0 Å². The quantitative estimate of drug-likeness (QED) is 0.0856. The Labute approximate surface area is 413 Å². The number of carbonyl (C=O) groups is 1. The van der Waals surface area contributed by atoms with Gasteiger partial charge in [0.15, 0.2) is 0 Å². The minimum Gasteiger partial charge on any atom is -0.494 e. The first-order valence-corrected chi connectivity index (χ1v) is 23.0. The van der Waals surface area contributed by atoms with Crippen LogP contribution in [0.1, 0.15) is 133 Å². The minimum absolute atomic E-state index is 0.0447. The molecule has 5 N–H and O–H groups in total. The Morgan fingerprint density at radius 2 is 1.35 bits per heavy atom. The molecule has 0 saturated carbocycles. The molecule has 0 spiro atoms. The molecular weight excluding hydrogens is 1000 g/mol. The van der Waals surface area contributed by atoms with Gasteiger partial charge in [-0.3, -0.25) is 14.2 Å². The van der Waals surface area contributed by atoms with Gasteiger partial charge in [-0.05, 0) is 111 Å². The molecule has 5 aromatic rings. The van der Waals surface area contributed by atoms with Crippen LogP contribution in [0.3, 0.4) is 0 Å². The molecule has 3 aliphatic heterocycles. The van der Waals surface area contributed by atoms with Crippen molar-refractivity contribution < 1.29 is 72.3 Å². The lowest BCUT2D eigenvalue weighted by Crippen LogP contribution is -2.23. The summed E-state index contributed by atoms with van der Waals surface area (Å²) in [5.41, 5.74) is -3.06. The molecule has 0 radical (unpaired) electrons. The van der Waals surface area contributed by atoms with Crippen LogP contribution in [-0.4, -0.2) is 37.7 Å². The van der Waals surface area contributed by atoms with Gasteiger partial charge >= 0.3 is 30.7 Å². The van der Waals surface area contributed by atoms with Crippen molar-refractivity contribution in [3.63, 3.8) is 0 Å². The number of allylic oxidation sites excluding steroid dienone is 4. The van der Waals surface area contributed by atoms with E-state index in [1.807, 2.05) is 13.8 Å². The van der Waals surface area contributed by atoms with Crippen molar-refractivity contribution in [2.45, 2.75) is 110 Å². The number of nitrogens with one attached hydrogen (secondary N) is 4. The molecule has 8 rings (SSSR count). The van der Waals surface area contributed by atoms with Crippen molar-refractivity contribution in [2.24, 2.45) is 0 Å². The molecule has 2 atom stereocenters. The number of rotatable bonds is 9. The van der Waals surface area contributed by atoms with Crippen LogP contribution in [-0.2, 0) is 47.3 Å². The summed E-state index contributed by atoms with van der Waals surface area (Å²) in [4.78, 5) is 42.4. The third-order valence-electron chi connectivity index (χ3n) is 13.9. The predicted octanol–water partition coefficient (Wildman–Crippen LogP) is 12.2. The molecule has 392 valence electrons. The fourth-order valence-electron chi connectivity index (χ4n) is 9.96. The molecule has 10 nitrogen and oxygen atoms in total. The highest BCUT2D eigenvalue weighted by molar-refractivity contribution is 6.08. The number of ether oxygens (including phenoxy) is 1. The van der Waals surface area contributed by atoms with E-state index in [1.165, 1.54) is 7.11 Å². The van der Waals surface area contributed by atoms with Crippen molar-refractivity contribution in [1.82, 2.24) is 24.8 Å². The maximum atomic E-state index is 14.7. The summed E-state index contributed by atoms with van der Waals surface area (Å²) in [5, 5.41) is 15.5. The van der Waals surface area contributed by atoms with Crippen LogP contribution in [0.25, 0.3) is 44.1 Å². The van der Waals surface area contributed by atoms with E-state index in [4.69, 9.17) is 9.72 Å². The number of aromatic hydroxyl groups is 1. The van der Waals surface area contributed by atoms with E-state index in [2.05, 4.69) is 20.3 Å². The Bertz CT molecular complexity index is 3470. The summed E-state index contributed by atoms with van der Waals surface area (Å²) in [6.07, 6.45) is -20.3. The predicted molar refractivity (Wildman–Crippen MR) is 250 cm³/mol. The van der Waals surface area contributed by atoms with Gasteiger partial charge in [-0.1, -0.05) is 13.8 Å². The number of methoxy groups -OCH3 is 1. The highest BCUT2D eigenvalue weighted by Crippen LogP contribution is 2.44. The minimum atomic E-state index is -5.22. The molecule has 0 aliphatic carbocycles. The number of hydrogen-bond acceptors (Lipinski definition) is 6. The average molecular weight is 1050 g/mol. The molecule has 3 aromatic heterocycles. The number of esters is 1. The standard InChI is InChI=1S/C52H46F12N6O4/c1-8-33-22(2)35-19-40-42(26(6)65-20-27-11-29(49(53,54)55)15-30(12-27)50(56,57)58)24(4)37(67-40)17-36-23(3)34(9-10-41(71)74-7)45(68-36)44-46-43(25(5)38(69-46)18-39(33)66-35)47(72)70(48(44)73)21-28-13-31(51(59,60)61)16-32(14-28)52(62,63)64/h11-19,22,33,65-66,69,73H,8-10,20-21H2,1-7H3/p+1. The van der Waals surface area contributed by atoms with E-state index in [0.717, 1.165) is 0 Å². The summed E-state index contributed by atoms with van der Waals surface area (Å²) in [5.74, 6) is -1.91. The zero-order valence-electron chi connectivity index (χ0n) is 40.5. The van der Waals surface area contributed by atoms with Gasteiger partial charge in [0.05, 0.1) is 57.9 Å². The zero-order chi connectivity index (χ0) is 54.3. The van der Waals surface area contributed by atoms with Crippen LogP contribution >= 0.6 is 0 Å². The lowest BCUT2D eigenvalue weighted by Gasteiger charge is -2.16. The Morgan fingerprint density at radius 1 is 0.784 bits per heavy atom. The molecule has 22 heteroatoms. The van der Waals surface area contributed by atoms with Crippen LogP contribution < -0.4 is 21.2 Å². The SMILES string of the molecule is CCC1c2cc3[nH]c4c(c5[nH+]c(cc6nc(cc([nH]2)C1C)C(=C(C)NCc1cc(C(F)(F)F)cc(C(F)(F)F)c1)C=6C)C(C)=C5CCC(=O)OC)c(O)n(Cc1cc(C(F)(F)F)cc(C(F)(F)F)c1)c(=O)c4c3C. The first-order chi connectivity index (χ1) is 34.4. The summed E-state index contributed by atoms with van der Waals surface area (Å²) >= 11 is 0. The highest BCUT2D eigenvalue weighted by Gasteiger charge is 2.39. The largest absolute Gasteiger partial charge is 0.494 e. The monoisotopic (exact) mass is 1050 g/mol.